The van der Waals surface area contributed by atoms with Gasteiger partial charge < -0.3 is 5.73 Å². The van der Waals surface area contributed by atoms with Crippen molar-refractivity contribution in [3.8, 4) is 0 Å². The molecule has 0 spiro atoms. The van der Waals surface area contributed by atoms with Gasteiger partial charge in [-0.15, -0.1) is 0 Å². The topological polar surface area (TPSA) is 76.3 Å². The number of nitrogens with two attached hydrogens (primary N) is 1. The third-order valence-electron chi connectivity index (χ3n) is 2.78. The first-order chi connectivity index (χ1) is 9.48. The molecule has 20 heavy (non-hydrogen) atoms. The molecule has 0 aliphatic rings. The van der Waals surface area contributed by atoms with E-state index in [1.54, 1.807) is 25.1 Å². The fraction of sp³-hybridized carbons (Fsp3) is 0.154. The van der Waals surface area contributed by atoms with Crippen molar-refractivity contribution in [1.29, 1.82) is 0 Å². The second-order valence-electron chi connectivity index (χ2n) is 4.03. The van der Waals surface area contributed by atoms with Gasteiger partial charge in [0.05, 0.1) is 16.4 Å². The molecule has 2 rings (SSSR count). The molecule has 0 aliphatic carbocycles. The fourth-order valence-electron chi connectivity index (χ4n) is 1.91. The summed E-state index contributed by atoms with van der Waals surface area (Å²) >= 11 is 6.00. The molecule has 0 bridgehead atoms. The Morgan fingerprint density at radius 2 is 1.90 bits per heavy atom. The van der Waals surface area contributed by atoms with Crippen molar-refractivity contribution in [2.45, 2.75) is 11.8 Å². The van der Waals surface area contributed by atoms with Gasteiger partial charge in [0.15, 0.2) is 0 Å². The number of nitrogen functional groups attached to an aromatic ring is 1. The van der Waals surface area contributed by atoms with Crippen LogP contribution in [0.2, 0.25) is 5.02 Å². The lowest BCUT2D eigenvalue weighted by molar-refractivity contribution is 0.592. The van der Waals surface area contributed by atoms with E-state index in [2.05, 4.69) is 4.98 Å². The van der Waals surface area contributed by atoms with Crippen LogP contribution in [0.4, 0.5) is 11.4 Å². The summed E-state index contributed by atoms with van der Waals surface area (Å²) in [6, 6.07) is 7.87. The van der Waals surface area contributed by atoms with Crippen molar-refractivity contribution in [1.82, 2.24) is 4.98 Å². The molecule has 1 aromatic heterocycles. The zero-order chi connectivity index (χ0) is 14.8. The Morgan fingerprint density at radius 3 is 2.45 bits per heavy atom. The minimum atomic E-state index is -3.82. The van der Waals surface area contributed by atoms with Gasteiger partial charge in [-0.25, -0.2) is 8.42 Å². The largest absolute Gasteiger partial charge is 0.398 e. The Balaban J connectivity index is 2.59. The van der Waals surface area contributed by atoms with Crippen LogP contribution in [-0.2, 0) is 10.0 Å². The highest BCUT2D eigenvalue weighted by Crippen LogP contribution is 2.32. The molecule has 0 fully saturated rings. The fourth-order valence-corrected chi connectivity index (χ4v) is 4.02. The van der Waals surface area contributed by atoms with Crippen LogP contribution in [-0.4, -0.2) is 19.9 Å². The summed E-state index contributed by atoms with van der Waals surface area (Å²) in [6.07, 6.45) is 3.06. The molecule has 1 heterocycles. The maximum Gasteiger partial charge on any atom is 0.267 e. The second-order valence-corrected chi connectivity index (χ2v) is 6.24. The normalized spacial score (nSPS) is 11.3. The number of halogens is 1. The number of rotatable bonds is 4. The van der Waals surface area contributed by atoms with Gasteiger partial charge in [0.25, 0.3) is 10.0 Å². The number of aromatic nitrogens is 1. The molecular formula is C13H14ClN3O2S. The lowest BCUT2D eigenvalue weighted by Crippen LogP contribution is -2.31. The molecule has 0 saturated heterocycles. The van der Waals surface area contributed by atoms with Crippen LogP contribution in [0.5, 0.6) is 0 Å². The maximum atomic E-state index is 12.7. The molecule has 2 N–H and O–H groups in total. The summed E-state index contributed by atoms with van der Waals surface area (Å²) in [5.74, 6) is 0. The molecule has 0 unspecified atom stereocenters. The summed E-state index contributed by atoms with van der Waals surface area (Å²) in [5, 5.41) is 0.109. The summed E-state index contributed by atoms with van der Waals surface area (Å²) in [5.41, 5.74) is 6.42. The molecule has 5 nitrogen and oxygen atoms in total. The van der Waals surface area contributed by atoms with Crippen LogP contribution in [0.3, 0.4) is 0 Å². The van der Waals surface area contributed by atoms with Crippen molar-refractivity contribution < 1.29 is 8.42 Å². The van der Waals surface area contributed by atoms with Gasteiger partial charge in [0.2, 0.25) is 0 Å². The standard InChI is InChI=1S/C13H14ClN3O2S/c1-2-17(10-6-8-16-9-7-10)20(18,19)13-11(14)4-3-5-12(13)15/h3-9H,2,15H2,1H3. The quantitative estimate of drug-likeness (QED) is 0.880. The van der Waals surface area contributed by atoms with Crippen LogP contribution >= 0.6 is 11.6 Å². The van der Waals surface area contributed by atoms with Gasteiger partial charge >= 0.3 is 0 Å². The van der Waals surface area contributed by atoms with Crippen LogP contribution in [0.15, 0.2) is 47.6 Å². The van der Waals surface area contributed by atoms with E-state index in [9.17, 15) is 8.42 Å². The molecule has 0 aliphatic heterocycles. The molecule has 1 aromatic carbocycles. The van der Waals surface area contributed by atoms with Gasteiger partial charge in [0, 0.05) is 18.9 Å². The number of anilines is 2. The van der Waals surface area contributed by atoms with E-state index in [0.717, 1.165) is 0 Å². The minimum absolute atomic E-state index is 0.0691. The monoisotopic (exact) mass is 311 g/mol. The Morgan fingerprint density at radius 1 is 1.25 bits per heavy atom. The van der Waals surface area contributed by atoms with Gasteiger partial charge in [0.1, 0.15) is 4.90 Å². The summed E-state index contributed by atoms with van der Waals surface area (Å²) < 4.78 is 26.7. The van der Waals surface area contributed by atoms with Crippen molar-refractivity contribution >= 4 is 33.0 Å². The van der Waals surface area contributed by atoms with Gasteiger partial charge in [-0.3, -0.25) is 9.29 Å². The number of pyridine rings is 1. The molecule has 0 radical (unpaired) electrons. The van der Waals surface area contributed by atoms with E-state index in [0.29, 0.717) is 5.69 Å². The maximum absolute atomic E-state index is 12.7. The van der Waals surface area contributed by atoms with E-state index < -0.39 is 10.0 Å². The first-order valence-electron chi connectivity index (χ1n) is 5.95. The van der Waals surface area contributed by atoms with Crippen LogP contribution < -0.4 is 10.0 Å². The molecule has 0 atom stereocenters. The highest BCUT2D eigenvalue weighted by atomic mass is 35.5. The van der Waals surface area contributed by atoms with Gasteiger partial charge in [-0.2, -0.15) is 0 Å². The second kappa shape index (κ2) is 5.68. The molecule has 2 aromatic rings. The lowest BCUT2D eigenvalue weighted by atomic mass is 10.3. The van der Waals surface area contributed by atoms with Crippen LogP contribution in [0.25, 0.3) is 0 Å². The van der Waals surface area contributed by atoms with Crippen molar-refractivity contribution in [3.63, 3.8) is 0 Å². The number of hydrogen-bond acceptors (Lipinski definition) is 4. The first kappa shape index (κ1) is 14.6. The smallest absolute Gasteiger partial charge is 0.267 e. The van der Waals surface area contributed by atoms with Gasteiger partial charge in [-0.05, 0) is 31.2 Å². The number of sulfonamides is 1. The molecule has 0 amide bonds. The lowest BCUT2D eigenvalue weighted by Gasteiger charge is -2.23. The zero-order valence-electron chi connectivity index (χ0n) is 10.8. The van der Waals surface area contributed by atoms with E-state index in [1.165, 1.54) is 28.8 Å². The first-order valence-corrected chi connectivity index (χ1v) is 7.77. The van der Waals surface area contributed by atoms with Crippen LogP contribution in [0, 0.1) is 0 Å². The third kappa shape index (κ3) is 2.57. The van der Waals surface area contributed by atoms with E-state index in [-0.39, 0.29) is 22.2 Å². The Labute approximate surface area is 123 Å². The minimum Gasteiger partial charge on any atom is -0.398 e. The number of benzene rings is 1. The number of nitrogens with zero attached hydrogens (tertiary/aromatic N) is 2. The zero-order valence-corrected chi connectivity index (χ0v) is 12.4. The average Bonchev–Trinajstić information content (AvgIpc) is 2.40. The van der Waals surface area contributed by atoms with Crippen LogP contribution in [0.1, 0.15) is 6.92 Å². The summed E-state index contributed by atoms with van der Waals surface area (Å²) in [4.78, 5) is 3.81. The third-order valence-corrected chi connectivity index (χ3v) is 5.23. The Hall–Kier alpha value is -1.79. The van der Waals surface area contributed by atoms with E-state index in [4.69, 9.17) is 17.3 Å². The summed E-state index contributed by atoms with van der Waals surface area (Å²) in [6.45, 7) is 2.00. The SMILES string of the molecule is CCN(c1ccncc1)S(=O)(=O)c1c(N)cccc1Cl. The number of hydrogen-bond donors (Lipinski definition) is 1. The van der Waals surface area contributed by atoms with E-state index >= 15 is 0 Å². The Kier molecular flexibility index (Phi) is 4.15. The van der Waals surface area contributed by atoms with Crippen molar-refractivity contribution in [2.75, 3.05) is 16.6 Å². The summed E-state index contributed by atoms with van der Waals surface area (Å²) in [7, 11) is -3.82. The van der Waals surface area contributed by atoms with E-state index in [1.807, 2.05) is 0 Å². The van der Waals surface area contributed by atoms with Crippen molar-refractivity contribution in [3.05, 3.63) is 47.7 Å². The highest BCUT2D eigenvalue weighted by molar-refractivity contribution is 7.93. The average molecular weight is 312 g/mol. The molecular weight excluding hydrogens is 298 g/mol. The predicted molar refractivity (Wildman–Crippen MR) is 80.3 cm³/mol. The molecule has 106 valence electrons. The molecule has 7 heteroatoms. The predicted octanol–water partition coefficient (Wildman–Crippen LogP) is 2.53. The molecule has 0 saturated carbocycles. The van der Waals surface area contributed by atoms with Gasteiger partial charge in [-0.1, -0.05) is 17.7 Å². The highest BCUT2D eigenvalue weighted by Gasteiger charge is 2.28. The Bertz CT molecular complexity index is 685. The van der Waals surface area contributed by atoms with Crippen molar-refractivity contribution in [2.24, 2.45) is 0 Å².